The minimum atomic E-state index is -4.09. The molecule has 1 nitrogen and oxygen atoms in total. The van der Waals surface area contributed by atoms with Crippen molar-refractivity contribution in [1.29, 1.82) is 0 Å². The van der Waals surface area contributed by atoms with E-state index in [0.717, 1.165) is 4.47 Å². The van der Waals surface area contributed by atoms with Gasteiger partial charge in [-0.2, -0.15) is 13.2 Å². The number of benzene rings is 1. The van der Waals surface area contributed by atoms with Crippen molar-refractivity contribution in [3.8, 4) is 0 Å². The van der Waals surface area contributed by atoms with E-state index in [2.05, 4.69) is 21.2 Å². The van der Waals surface area contributed by atoms with Crippen molar-refractivity contribution in [2.45, 2.75) is 32.0 Å². The highest BCUT2D eigenvalue weighted by Crippen LogP contribution is 2.22. The molecular weight excluding hydrogens is 314 g/mol. The zero-order valence-corrected chi connectivity index (χ0v) is 11.2. The van der Waals surface area contributed by atoms with Gasteiger partial charge in [0.1, 0.15) is 5.82 Å². The Bertz CT molecular complexity index is 379. The Morgan fingerprint density at radius 2 is 1.89 bits per heavy atom. The van der Waals surface area contributed by atoms with Crippen LogP contribution in [0.4, 0.5) is 17.6 Å². The molecule has 18 heavy (non-hydrogen) atoms. The van der Waals surface area contributed by atoms with Crippen molar-refractivity contribution in [3.63, 3.8) is 0 Å². The molecule has 0 saturated heterocycles. The second kappa shape index (κ2) is 7.09. The van der Waals surface area contributed by atoms with E-state index in [4.69, 9.17) is 0 Å². The van der Waals surface area contributed by atoms with Gasteiger partial charge in [0.2, 0.25) is 0 Å². The molecule has 1 rings (SSSR count). The standard InChI is InChI=1S/C12H14BrF4N/c13-10-3-4-11(14)9(7-10)8-18-6-2-1-5-12(15,16)17/h3-4,7,18H,1-2,5-6,8H2. The SMILES string of the molecule is Fc1ccc(Br)cc1CNCCCCC(F)(F)F. The molecule has 0 amide bonds. The molecule has 102 valence electrons. The van der Waals surface area contributed by atoms with E-state index in [-0.39, 0.29) is 12.2 Å². The highest BCUT2D eigenvalue weighted by molar-refractivity contribution is 9.10. The average Bonchev–Trinajstić information content (AvgIpc) is 2.26. The minimum Gasteiger partial charge on any atom is -0.313 e. The molecule has 0 aromatic heterocycles. The lowest BCUT2D eigenvalue weighted by Crippen LogP contribution is -2.16. The summed E-state index contributed by atoms with van der Waals surface area (Å²) in [7, 11) is 0. The zero-order chi connectivity index (χ0) is 13.6. The maximum Gasteiger partial charge on any atom is 0.389 e. The van der Waals surface area contributed by atoms with Crippen molar-refractivity contribution in [2.75, 3.05) is 6.54 Å². The summed E-state index contributed by atoms with van der Waals surface area (Å²) in [5, 5.41) is 2.93. The van der Waals surface area contributed by atoms with Gasteiger partial charge in [0.25, 0.3) is 0 Å². The number of halogens is 5. The van der Waals surface area contributed by atoms with E-state index in [1.165, 1.54) is 6.07 Å². The predicted octanol–water partition coefficient (Wildman–Crippen LogP) is 4.41. The number of unbranched alkanes of at least 4 members (excludes halogenated alkanes) is 1. The molecule has 1 aromatic rings. The molecule has 1 aromatic carbocycles. The second-order valence-corrected chi connectivity index (χ2v) is 4.90. The van der Waals surface area contributed by atoms with Crippen LogP contribution in [0.5, 0.6) is 0 Å². The molecule has 0 spiro atoms. The first-order valence-corrected chi connectivity index (χ1v) is 6.39. The van der Waals surface area contributed by atoms with Gasteiger partial charge in [-0.15, -0.1) is 0 Å². The Morgan fingerprint density at radius 1 is 1.17 bits per heavy atom. The van der Waals surface area contributed by atoms with Gasteiger partial charge in [-0.05, 0) is 37.6 Å². The summed E-state index contributed by atoms with van der Waals surface area (Å²) in [4.78, 5) is 0. The van der Waals surface area contributed by atoms with Gasteiger partial charge in [-0.3, -0.25) is 0 Å². The molecule has 0 saturated carbocycles. The summed E-state index contributed by atoms with van der Waals surface area (Å²) in [6.07, 6.45) is -4.33. The quantitative estimate of drug-likeness (QED) is 0.602. The Balaban J connectivity index is 2.20. The van der Waals surface area contributed by atoms with E-state index >= 15 is 0 Å². The summed E-state index contributed by atoms with van der Waals surface area (Å²) in [6.45, 7) is 0.763. The lowest BCUT2D eigenvalue weighted by atomic mass is 10.2. The summed E-state index contributed by atoms with van der Waals surface area (Å²) in [6, 6.07) is 4.60. The highest BCUT2D eigenvalue weighted by atomic mass is 79.9. The number of alkyl halides is 3. The summed E-state index contributed by atoms with van der Waals surface area (Å²) >= 11 is 3.23. The molecule has 0 unspecified atom stereocenters. The van der Waals surface area contributed by atoms with Crippen LogP contribution in [-0.2, 0) is 6.54 Å². The summed E-state index contributed by atoms with van der Waals surface area (Å²) in [5.41, 5.74) is 0.500. The molecule has 0 radical (unpaired) electrons. The molecule has 6 heteroatoms. The fraction of sp³-hybridized carbons (Fsp3) is 0.500. The Morgan fingerprint density at radius 3 is 2.56 bits per heavy atom. The third-order valence-corrected chi connectivity index (χ3v) is 2.88. The van der Waals surface area contributed by atoms with Gasteiger partial charge in [0, 0.05) is 23.0 Å². The van der Waals surface area contributed by atoms with Crippen LogP contribution in [0.3, 0.4) is 0 Å². The third kappa shape index (κ3) is 6.35. The van der Waals surface area contributed by atoms with Crippen LogP contribution < -0.4 is 5.32 Å². The molecule has 0 fully saturated rings. The van der Waals surface area contributed by atoms with E-state index in [1.54, 1.807) is 12.1 Å². The van der Waals surface area contributed by atoms with E-state index in [0.29, 0.717) is 25.1 Å². The summed E-state index contributed by atoms with van der Waals surface area (Å²) < 4.78 is 49.6. The second-order valence-electron chi connectivity index (χ2n) is 3.98. The summed E-state index contributed by atoms with van der Waals surface area (Å²) in [5.74, 6) is -0.319. The van der Waals surface area contributed by atoms with Crippen LogP contribution in [-0.4, -0.2) is 12.7 Å². The third-order valence-electron chi connectivity index (χ3n) is 2.39. The van der Waals surface area contributed by atoms with Gasteiger partial charge >= 0.3 is 6.18 Å². The highest BCUT2D eigenvalue weighted by Gasteiger charge is 2.25. The first kappa shape index (κ1) is 15.4. The van der Waals surface area contributed by atoms with Gasteiger partial charge in [-0.25, -0.2) is 4.39 Å². The predicted molar refractivity (Wildman–Crippen MR) is 65.7 cm³/mol. The van der Waals surface area contributed by atoms with Crippen molar-refractivity contribution >= 4 is 15.9 Å². The van der Waals surface area contributed by atoms with Crippen LogP contribution in [0.15, 0.2) is 22.7 Å². The first-order chi connectivity index (χ1) is 8.38. The molecular formula is C12H14BrF4N. The van der Waals surface area contributed by atoms with Crippen LogP contribution >= 0.6 is 15.9 Å². The van der Waals surface area contributed by atoms with Crippen molar-refractivity contribution in [1.82, 2.24) is 5.32 Å². The van der Waals surface area contributed by atoms with Crippen LogP contribution in [0.25, 0.3) is 0 Å². The average molecular weight is 328 g/mol. The Kier molecular flexibility index (Phi) is 6.08. The Labute approximate surface area is 112 Å². The molecule has 0 aliphatic heterocycles. The van der Waals surface area contributed by atoms with Crippen molar-refractivity contribution in [2.24, 2.45) is 0 Å². The largest absolute Gasteiger partial charge is 0.389 e. The van der Waals surface area contributed by atoms with E-state index < -0.39 is 12.6 Å². The van der Waals surface area contributed by atoms with E-state index in [1.807, 2.05) is 0 Å². The monoisotopic (exact) mass is 327 g/mol. The molecule has 1 N–H and O–H groups in total. The van der Waals surface area contributed by atoms with Gasteiger partial charge in [0.05, 0.1) is 0 Å². The fourth-order valence-corrected chi connectivity index (χ4v) is 1.89. The lowest BCUT2D eigenvalue weighted by molar-refractivity contribution is -0.135. The smallest absolute Gasteiger partial charge is 0.313 e. The number of rotatable bonds is 6. The minimum absolute atomic E-state index is 0.0947. The maximum atomic E-state index is 13.3. The van der Waals surface area contributed by atoms with Crippen LogP contribution in [0, 0.1) is 5.82 Å². The zero-order valence-electron chi connectivity index (χ0n) is 9.66. The van der Waals surface area contributed by atoms with Gasteiger partial charge in [-0.1, -0.05) is 15.9 Å². The molecule has 0 heterocycles. The number of hydrogen-bond donors (Lipinski definition) is 1. The number of hydrogen-bond acceptors (Lipinski definition) is 1. The first-order valence-electron chi connectivity index (χ1n) is 5.60. The van der Waals surface area contributed by atoms with Gasteiger partial charge in [0.15, 0.2) is 0 Å². The van der Waals surface area contributed by atoms with Crippen molar-refractivity contribution < 1.29 is 17.6 Å². The normalized spacial score (nSPS) is 11.8. The van der Waals surface area contributed by atoms with Crippen molar-refractivity contribution in [3.05, 3.63) is 34.1 Å². The number of nitrogens with one attached hydrogen (secondary N) is 1. The van der Waals surface area contributed by atoms with Crippen LogP contribution in [0.1, 0.15) is 24.8 Å². The van der Waals surface area contributed by atoms with Crippen LogP contribution in [0.2, 0.25) is 0 Å². The van der Waals surface area contributed by atoms with Gasteiger partial charge < -0.3 is 5.32 Å². The van der Waals surface area contributed by atoms with E-state index in [9.17, 15) is 17.6 Å². The Hall–Kier alpha value is -0.620. The lowest BCUT2D eigenvalue weighted by Gasteiger charge is -2.08. The topological polar surface area (TPSA) is 12.0 Å². The molecule has 0 aliphatic rings. The molecule has 0 aliphatic carbocycles. The molecule has 0 bridgehead atoms. The maximum absolute atomic E-state index is 13.3. The molecule has 0 atom stereocenters. The fourth-order valence-electron chi connectivity index (χ4n) is 1.48.